The molecule has 0 saturated carbocycles. The summed E-state index contributed by atoms with van der Waals surface area (Å²) in [5.41, 5.74) is 5.59. The molecule has 1 aromatic rings. The summed E-state index contributed by atoms with van der Waals surface area (Å²) < 4.78 is 1.68. The highest BCUT2D eigenvalue weighted by Crippen LogP contribution is 1.97. The number of rotatable bonds is 7. The fourth-order valence-corrected chi connectivity index (χ4v) is 1.33. The minimum Gasteiger partial charge on any atom is -0.354 e. The lowest BCUT2D eigenvalue weighted by Crippen LogP contribution is -2.27. The second-order valence-electron chi connectivity index (χ2n) is 3.89. The normalized spacial score (nSPS) is 12.4. The third kappa shape index (κ3) is 5.45. The monoisotopic (exact) mass is 225 g/mol. The maximum atomic E-state index is 11.4. The molecule has 1 rings (SSSR count). The number of hydrogen-bond acceptors (Lipinski definition) is 4. The van der Waals surface area contributed by atoms with Gasteiger partial charge in [0.1, 0.15) is 0 Å². The number of amides is 1. The maximum absolute atomic E-state index is 11.4. The predicted molar refractivity (Wildman–Crippen MR) is 60.5 cm³/mol. The van der Waals surface area contributed by atoms with Crippen molar-refractivity contribution in [2.24, 2.45) is 5.73 Å². The lowest BCUT2D eigenvalue weighted by Gasteiger charge is -2.06. The van der Waals surface area contributed by atoms with Gasteiger partial charge in [0.15, 0.2) is 0 Å². The van der Waals surface area contributed by atoms with Crippen LogP contribution in [0.15, 0.2) is 12.4 Å². The Hall–Kier alpha value is -1.43. The molecule has 1 amide bonds. The molecule has 3 N–H and O–H groups in total. The lowest BCUT2D eigenvalue weighted by atomic mass is 10.1. The zero-order valence-corrected chi connectivity index (χ0v) is 9.59. The van der Waals surface area contributed by atoms with Crippen molar-refractivity contribution < 1.29 is 4.79 Å². The minimum atomic E-state index is 0.0702. The summed E-state index contributed by atoms with van der Waals surface area (Å²) in [7, 11) is 0. The second-order valence-corrected chi connectivity index (χ2v) is 3.89. The number of carbonyl (C=O) groups is 1. The van der Waals surface area contributed by atoms with Crippen LogP contribution in [0, 0.1) is 0 Å². The van der Waals surface area contributed by atoms with Crippen LogP contribution >= 0.6 is 0 Å². The molecule has 6 heteroatoms. The summed E-state index contributed by atoms with van der Waals surface area (Å²) in [6, 6.07) is 0.169. The molecule has 1 unspecified atom stereocenters. The summed E-state index contributed by atoms with van der Waals surface area (Å²) in [5, 5.41) is 10.3. The van der Waals surface area contributed by atoms with Gasteiger partial charge in [-0.2, -0.15) is 0 Å². The van der Waals surface area contributed by atoms with Crippen molar-refractivity contribution in [3.63, 3.8) is 0 Å². The van der Waals surface area contributed by atoms with Crippen molar-refractivity contribution in [3.8, 4) is 0 Å². The van der Waals surface area contributed by atoms with Gasteiger partial charge >= 0.3 is 0 Å². The van der Waals surface area contributed by atoms with Crippen LogP contribution in [0.3, 0.4) is 0 Å². The second kappa shape index (κ2) is 6.95. The Morgan fingerprint density at radius 2 is 2.44 bits per heavy atom. The quantitative estimate of drug-likeness (QED) is 0.679. The smallest absolute Gasteiger partial charge is 0.220 e. The summed E-state index contributed by atoms with van der Waals surface area (Å²) in [6.45, 7) is 3.18. The average Bonchev–Trinajstić information content (AvgIpc) is 2.70. The molecule has 16 heavy (non-hydrogen) atoms. The SMILES string of the molecule is CC(N)CCCC(=O)NCCn1ccnn1. The molecule has 6 nitrogen and oxygen atoms in total. The van der Waals surface area contributed by atoms with Crippen LogP contribution in [0.5, 0.6) is 0 Å². The Labute approximate surface area is 95.2 Å². The molecule has 0 aliphatic rings. The first-order valence-corrected chi connectivity index (χ1v) is 5.55. The molecule has 0 aromatic carbocycles. The van der Waals surface area contributed by atoms with Gasteiger partial charge in [0, 0.05) is 25.2 Å². The van der Waals surface area contributed by atoms with Gasteiger partial charge < -0.3 is 11.1 Å². The van der Waals surface area contributed by atoms with Crippen LogP contribution < -0.4 is 11.1 Å². The van der Waals surface area contributed by atoms with Crippen molar-refractivity contribution in [1.82, 2.24) is 20.3 Å². The van der Waals surface area contributed by atoms with E-state index in [1.54, 1.807) is 17.1 Å². The summed E-state index contributed by atoms with van der Waals surface area (Å²) in [4.78, 5) is 11.4. The largest absolute Gasteiger partial charge is 0.354 e. The van der Waals surface area contributed by atoms with Gasteiger partial charge in [-0.15, -0.1) is 5.10 Å². The first kappa shape index (κ1) is 12.6. The van der Waals surface area contributed by atoms with Crippen LogP contribution in [-0.4, -0.2) is 33.5 Å². The van der Waals surface area contributed by atoms with E-state index in [1.165, 1.54) is 0 Å². The Kier molecular flexibility index (Phi) is 5.49. The van der Waals surface area contributed by atoms with E-state index in [1.807, 2.05) is 6.92 Å². The Balaban J connectivity index is 2.02. The van der Waals surface area contributed by atoms with Crippen LogP contribution in [0.2, 0.25) is 0 Å². The van der Waals surface area contributed by atoms with E-state index in [2.05, 4.69) is 15.6 Å². The van der Waals surface area contributed by atoms with E-state index < -0.39 is 0 Å². The van der Waals surface area contributed by atoms with E-state index >= 15 is 0 Å². The van der Waals surface area contributed by atoms with Gasteiger partial charge in [0.25, 0.3) is 0 Å². The van der Waals surface area contributed by atoms with Gasteiger partial charge in [0.2, 0.25) is 5.91 Å². The third-order valence-corrected chi connectivity index (χ3v) is 2.20. The highest BCUT2D eigenvalue weighted by Gasteiger charge is 2.02. The number of hydrogen-bond donors (Lipinski definition) is 2. The standard InChI is InChI=1S/C10H19N5O/c1-9(11)3-2-4-10(16)12-5-7-15-8-6-13-14-15/h6,8-9H,2-5,7,11H2,1H3,(H,12,16). The molecule has 0 bridgehead atoms. The van der Waals surface area contributed by atoms with E-state index in [0.29, 0.717) is 19.5 Å². The average molecular weight is 225 g/mol. The maximum Gasteiger partial charge on any atom is 0.220 e. The molecule has 0 aliphatic carbocycles. The van der Waals surface area contributed by atoms with Crippen LogP contribution in [0.1, 0.15) is 26.2 Å². The molecule has 0 fully saturated rings. The van der Waals surface area contributed by atoms with E-state index in [4.69, 9.17) is 5.73 Å². The summed E-state index contributed by atoms with van der Waals surface area (Å²) in [5.74, 6) is 0.0702. The Bertz CT molecular complexity index is 296. The number of nitrogens with two attached hydrogens (primary N) is 1. The van der Waals surface area contributed by atoms with Crippen LogP contribution in [0.25, 0.3) is 0 Å². The van der Waals surface area contributed by atoms with Crippen molar-refractivity contribution in [2.45, 2.75) is 38.8 Å². The van der Waals surface area contributed by atoms with Gasteiger partial charge in [-0.3, -0.25) is 9.48 Å². The molecule has 1 atom stereocenters. The van der Waals surface area contributed by atoms with E-state index in [9.17, 15) is 4.79 Å². The van der Waals surface area contributed by atoms with Crippen molar-refractivity contribution in [3.05, 3.63) is 12.4 Å². The fraction of sp³-hybridized carbons (Fsp3) is 0.700. The molecule has 0 radical (unpaired) electrons. The van der Waals surface area contributed by atoms with Gasteiger partial charge in [-0.25, -0.2) is 0 Å². The highest BCUT2D eigenvalue weighted by atomic mass is 16.1. The summed E-state index contributed by atoms with van der Waals surface area (Å²) >= 11 is 0. The van der Waals surface area contributed by atoms with Gasteiger partial charge in [-0.05, 0) is 19.8 Å². The van der Waals surface area contributed by atoms with Crippen LogP contribution in [-0.2, 0) is 11.3 Å². The number of nitrogens with one attached hydrogen (secondary N) is 1. The molecule has 0 spiro atoms. The van der Waals surface area contributed by atoms with Crippen molar-refractivity contribution >= 4 is 5.91 Å². The molecule has 0 aliphatic heterocycles. The Morgan fingerprint density at radius 3 is 3.06 bits per heavy atom. The first-order valence-electron chi connectivity index (χ1n) is 5.55. The Morgan fingerprint density at radius 1 is 1.62 bits per heavy atom. The minimum absolute atomic E-state index is 0.0702. The van der Waals surface area contributed by atoms with E-state index in [0.717, 1.165) is 12.8 Å². The number of aromatic nitrogens is 3. The van der Waals surface area contributed by atoms with Gasteiger partial charge in [0.05, 0.1) is 12.7 Å². The van der Waals surface area contributed by atoms with Crippen LogP contribution in [0.4, 0.5) is 0 Å². The number of carbonyl (C=O) groups excluding carboxylic acids is 1. The molecule has 0 saturated heterocycles. The van der Waals surface area contributed by atoms with Crippen molar-refractivity contribution in [1.29, 1.82) is 0 Å². The van der Waals surface area contributed by atoms with Crippen molar-refractivity contribution in [2.75, 3.05) is 6.54 Å². The number of nitrogens with zero attached hydrogens (tertiary/aromatic N) is 3. The zero-order chi connectivity index (χ0) is 11.8. The molecule has 90 valence electrons. The fourth-order valence-electron chi connectivity index (χ4n) is 1.33. The highest BCUT2D eigenvalue weighted by molar-refractivity contribution is 5.75. The van der Waals surface area contributed by atoms with E-state index in [-0.39, 0.29) is 11.9 Å². The summed E-state index contributed by atoms with van der Waals surface area (Å²) in [6.07, 6.45) is 5.65. The predicted octanol–water partition coefficient (Wildman–Crippen LogP) is -0.0882. The molecule has 1 aromatic heterocycles. The lowest BCUT2D eigenvalue weighted by molar-refractivity contribution is -0.121. The molecular weight excluding hydrogens is 206 g/mol. The first-order chi connectivity index (χ1) is 7.68. The molecular formula is C10H19N5O. The molecule has 1 heterocycles. The zero-order valence-electron chi connectivity index (χ0n) is 9.59. The topological polar surface area (TPSA) is 85.8 Å². The van der Waals surface area contributed by atoms with Gasteiger partial charge in [-0.1, -0.05) is 5.21 Å². The third-order valence-electron chi connectivity index (χ3n) is 2.20.